The van der Waals surface area contributed by atoms with Crippen molar-refractivity contribution in [3.05, 3.63) is 89.0 Å². The van der Waals surface area contributed by atoms with Crippen LogP contribution in [0.5, 0.6) is 0 Å². The molecule has 3 aromatic rings. The first kappa shape index (κ1) is 25.1. The molecule has 0 atom stereocenters. The van der Waals surface area contributed by atoms with E-state index < -0.39 is 0 Å². The molecule has 0 spiro atoms. The van der Waals surface area contributed by atoms with Gasteiger partial charge in [0.2, 0.25) is 0 Å². The van der Waals surface area contributed by atoms with Gasteiger partial charge in [-0.1, -0.05) is 68.9 Å². The van der Waals surface area contributed by atoms with Crippen molar-refractivity contribution >= 4 is 12.0 Å². The second kappa shape index (κ2) is 13.3. The number of hydrogen-bond donors (Lipinski definition) is 2. The van der Waals surface area contributed by atoms with Gasteiger partial charge in [-0.3, -0.25) is 4.79 Å². The molecule has 0 aliphatic carbocycles. The second-order valence-electron chi connectivity index (χ2n) is 6.25. The van der Waals surface area contributed by atoms with Crippen LogP contribution in [0.3, 0.4) is 0 Å². The van der Waals surface area contributed by atoms with Crippen molar-refractivity contribution in [2.24, 2.45) is 5.73 Å². The van der Waals surface area contributed by atoms with E-state index in [1.807, 2.05) is 70.2 Å². The Kier molecular flexibility index (Phi) is 11.9. The summed E-state index contributed by atoms with van der Waals surface area (Å²) in [7, 11) is 0. The molecule has 3 nitrogen and oxygen atoms in total. The number of nitrogens with two attached hydrogens (primary N) is 2. The Bertz CT molecular complexity index is 842. The highest BCUT2D eigenvalue weighted by Crippen LogP contribution is 2.22. The van der Waals surface area contributed by atoms with Crippen molar-refractivity contribution in [3.63, 3.8) is 0 Å². The molecule has 28 heavy (non-hydrogen) atoms. The lowest BCUT2D eigenvalue weighted by Gasteiger charge is -2.04. The van der Waals surface area contributed by atoms with Crippen LogP contribution in [0.25, 0.3) is 11.1 Å². The Hall–Kier alpha value is -2.91. The van der Waals surface area contributed by atoms with Gasteiger partial charge in [0.15, 0.2) is 0 Å². The lowest BCUT2D eigenvalue weighted by molar-refractivity contribution is 0.112. The van der Waals surface area contributed by atoms with E-state index in [1.165, 1.54) is 16.7 Å². The van der Waals surface area contributed by atoms with Crippen LogP contribution in [0, 0.1) is 20.8 Å². The summed E-state index contributed by atoms with van der Waals surface area (Å²) in [6.45, 7) is 8.64. The molecule has 0 radical (unpaired) electrons. The van der Waals surface area contributed by atoms with Crippen LogP contribution in [0.1, 0.15) is 41.4 Å². The molecule has 0 aliphatic heterocycles. The second-order valence-corrected chi connectivity index (χ2v) is 6.25. The van der Waals surface area contributed by atoms with E-state index in [-0.39, 0.29) is 7.43 Å². The van der Waals surface area contributed by atoms with Gasteiger partial charge in [-0.05, 0) is 67.3 Å². The molecule has 0 unspecified atom stereocenters. The van der Waals surface area contributed by atoms with Gasteiger partial charge in [0.1, 0.15) is 6.29 Å². The molecular formula is C25H34N2O. The average molecular weight is 379 g/mol. The van der Waals surface area contributed by atoms with Gasteiger partial charge in [-0.15, -0.1) is 0 Å². The van der Waals surface area contributed by atoms with Crippen molar-refractivity contribution in [3.8, 4) is 11.1 Å². The molecule has 0 aromatic heterocycles. The largest absolute Gasteiger partial charge is 0.399 e. The Morgan fingerprint density at radius 2 is 1.43 bits per heavy atom. The normalized spacial score (nSPS) is 9.04. The zero-order valence-corrected chi connectivity index (χ0v) is 16.7. The lowest BCUT2D eigenvalue weighted by Crippen LogP contribution is -1.89. The first-order valence-electron chi connectivity index (χ1n) is 9.07. The van der Waals surface area contributed by atoms with Gasteiger partial charge in [0.05, 0.1) is 0 Å². The van der Waals surface area contributed by atoms with Crippen LogP contribution in [-0.4, -0.2) is 12.8 Å². The maximum absolute atomic E-state index is 10.4. The quantitative estimate of drug-likeness (QED) is 0.427. The fourth-order valence-electron chi connectivity index (χ4n) is 2.39. The van der Waals surface area contributed by atoms with Gasteiger partial charge < -0.3 is 11.5 Å². The number of aldehydes is 1. The van der Waals surface area contributed by atoms with Gasteiger partial charge in [-0.25, -0.2) is 0 Å². The van der Waals surface area contributed by atoms with Gasteiger partial charge in [0.25, 0.3) is 0 Å². The highest BCUT2D eigenvalue weighted by molar-refractivity contribution is 5.77. The molecule has 3 rings (SSSR count). The molecular weight excluding hydrogens is 344 g/mol. The van der Waals surface area contributed by atoms with Crippen LogP contribution in [0.15, 0.2) is 66.7 Å². The number of aryl methyl sites for hydroxylation is 2. The SMILES string of the molecule is C.CCN.Cc1cc(-c2ccccc2)ccc1N.Cc1cccc(C=O)c1C. The fourth-order valence-corrected chi connectivity index (χ4v) is 2.39. The molecule has 0 saturated carbocycles. The van der Waals surface area contributed by atoms with E-state index in [4.69, 9.17) is 11.5 Å². The van der Waals surface area contributed by atoms with Crippen molar-refractivity contribution < 1.29 is 4.79 Å². The van der Waals surface area contributed by atoms with Crippen LogP contribution < -0.4 is 11.5 Å². The number of carbonyl (C=O) groups is 1. The van der Waals surface area contributed by atoms with E-state index in [2.05, 4.69) is 24.3 Å². The minimum Gasteiger partial charge on any atom is -0.399 e. The first-order valence-corrected chi connectivity index (χ1v) is 9.07. The van der Waals surface area contributed by atoms with E-state index in [0.29, 0.717) is 0 Å². The van der Waals surface area contributed by atoms with Crippen LogP contribution in [-0.2, 0) is 0 Å². The highest BCUT2D eigenvalue weighted by atomic mass is 16.1. The summed E-state index contributed by atoms with van der Waals surface area (Å²) in [5, 5.41) is 0. The van der Waals surface area contributed by atoms with Crippen molar-refractivity contribution in [1.82, 2.24) is 0 Å². The molecule has 0 fully saturated rings. The van der Waals surface area contributed by atoms with Crippen molar-refractivity contribution in [1.29, 1.82) is 0 Å². The van der Waals surface area contributed by atoms with E-state index in [9.17, 15) is 4.79 Å². The van der Waals surface area contributed by atoms with Crippen molar-refractivity contribution in [2.45, 2.75) is 35.1 Å². The third-order valence-electron chi connectivity index (χ3n) is 4.15. The average Bonchev–Trinajstić information content (AvgIpc) is 2.68. The van der Waals surface area contributed by atoms with Crippen LogP contribution >= 0.6 is 0 Å². The Morgan fingerprint density at radius 1 is 0.821 bits per heavy atom. The number of hydrogen-bond acceptors (Lipinski definition) is 3. The molecule has 150 valence electrons. The molecule has 0 bridgehead atoms. The summed E-state index contributed by atoms with van der Waals surface area (Å²) < 4.78 is 0. The number of carbonyl (C=O) groups excluding carboxylic acids is 1. The predicted molar refractivity (Wildman–Crippen MR) is 124 cm³/mol. The summed E-state index contributed by atoms with van der Waals surface area (Å²) in [6.07, 6.45) is 0.891. The van der Waals surface area contributed by atoms with Gasteiger partial charge in [0, 0.05) is 11.3 Å². The van der Waals surface area contributed by atoms with Gasteiger partial charge >= 0.3 is 0 Å². The smallest absolute Gasteiger partial charge is 0.150 e. The Balaban J connectivity index is 0.000000461. The molecule has 0 aliphatic rings. The van der Waals surface area contributed by atoms with Crippen molar-refractivity contribution in [2.75, 3.05) is 12.3 Å². The summed E-state index contributed by atoms with van der Waals surface area (Å²) in [6, 6.07) is 22.2. The Morgan fingerprint density at radius 3 is 1.93 bits per heavy atom. The monoisotopic (exact) mass is 378 g/mol. The van der Waals surface area contributed by atoms with Gasteiger partial charge in [-0.2, -0.15) is 0 Å². The molecule has 3 heteroatoms. The number of benzene rings is 3. The molecule has 0 amide bonds. The lowest BCUT2D eigenvalue weighted by atomic mass is 10.0. The highest BCUT2D eigenvalue weighted by Gasteiger charge is 1.98. The Labute approximate surface area is 170 Å². The topological polar surface area (TPSA) is 69.1 Å². The number of nitrogen functional groups attached to an aromatic ring is 1. The molecule has 0 saturated heterocycles. The third-order valence-corrected chi connectivity index (χ3v) is 4.15. The maximum atomic E-state index is 10.4. The number of rotatable bonds is 2. The minimum absolute atomic E-state index is 0. The van der Waals surface area contributed by atoms with E-state index in [0.717, 1.165) is 35.2 Å². The summed E-state index contributed by atoms with van der Waals surface area (Å²) >= 11 is 0. The summed E-state index contributed by atoms with van der Waals surface area (Å²) in [5.41, 5.74) is 18.1. The third kappa shape index (κ3) is 7.77. The van der Waals surface area contributed by atoms with E-state index >= 15 is 0 Å². The standard InChI is InChI=1S/C13H13N.C9H10O.C2H7N.CH4/c1-10-9-12(7-8-13(10)14)11-5-3-2-4-6-11;1-7-4-3-5-9(6-10)8(7)2;1-2-3;/h2-9H,14H2,1H3;3-6H,1-2H3;2-3H2,1H3;1H4. The minimum atomic E-state index is 0. The number of anilines is 1. The zero-order chi connectivity index (χ0) is 20.2. The summed E-state index contributed by atoms with van der Waals surface area (Å²) in [5.74, 6) is 0. The molecule has 0 heterocycles. The fraction of sp³-hybridized carbons (Fsp3) is 0.240. The zero-order valence-electron chi connectivity index (χ0n) is 16.7. The first-order chi connectivity index (χ1) is 12.9. The molecule has 3 aromatic carbocycles. The van der Waals surface area contributed by atoms with Crippen LogP contribution in [0.2, 0.25) is 0 Å². The van der Waals surface area contributed by atoms with E-state index in [1.54, 1.807) is 0 Å². The summed E-state index contributed by atoms with van der Waals surface area (Å²) in [4.78, 5) is 10.4. The van der Waals surface area contributed by atoms with Crippen LogP contribution in [0.4, 0.5) is 5.69 Å². The molecule has 4 N–H and O–H groups in total. The predicted octanol–water partition coefficient (Wildman–Crippen LogP) is 5.96. The maximum Gasteiger partial charge on any atom is 0.150 e.